The lowest BCUT2D eigenvalue weighted by Gasteiger charge is -2.35. The number of methoxy groups -OCH3 is 1. The maximum atomic E-state index is 10.4. The fourth-order valence-corrected chi connectivity index (χ4v) is 3.85. The molecule has 2 aliphatic rings. The average Bonchev–Trinajstić information content (AvgIpc) is 2.91. The van der Waals surface area contributed by atoms with Crippen molar-refractivity contribution < 1.29 is 14.6 Å². The summed E-state index contributed by atoms with van der Waals surface area (Å²) < 4.78 is 10.8. The predicted molar refractivity (Wildman–Crippen MR) is 86.1 cm³/mol. The molecule has 2 atom stereocenters. The minimum Gasteiger partial charge on any atom is -0.387 e. The van der Waals surface area contributed by atoms with Crippen LogP contribution in [0.5, 0.6) is 0 Å². The van der Waals surface area contributed by atoms with E-state index in [-0.39, 0.29) is 6.10 Å². The Kier molecular flexibility index (Phi) is 6.60. The van der Waals surface area contributed by atoms with E-state index >= 15 is 0 Å². The molecule has 6 nitrogen and oxygen atoms in total. The number of hydrogen-bond acceptors (Lipinski definition) is 5. The second-order valence-electron chi connectivity index (χ2n) is 5.59. The summed E-state index contributed by atoms with van der Waals surface area (Å²) in [6, 6.07) is 0. The van der Waals surface area contributed by atoms with Crippen molar-refractivity contribution in [3.8, 4) is 0 Å². The average molecular weight is 317 g/mol. The summed E-state index contributed by atoms with van der Waals surface area (Å²) in [4.78, 5) is 6.85. The molecule has 0 aromatic rings. The molecule has 0 aromatic carbocycles. The van der Waals surface area contributed by atoms with Gasteiger partial charge in [-0.2, -0.15) is 11.8 Å². The number of morpholine rings is 1. The second kappa shape index (κ2) is 8.22. The number of ether oxygens (including phenoxy) is 2. The first kappa shape index (κ1) is 16.9. The van der Waals surface area contributed by atoms with E-state index in [1.807, 2.05) is 0 Å². The van der Waals surface area contributed by atoms with Gasteiger partial charge in [-0.3, -0.25) is 4.99 Å². The van der Waals surface area contributed by atoms with Gasteiger partial charge in [0.05, 0.1) is 31.5 Å². The Morgan fingerprint density at radius 3 is 3.14 bits per heavy atom. The van der Waals surface area contributed by atoms with Gasteiger partial charge in [0, 0.05) is 32.5 Å². The van der Waals surface area contributed by atoms with E-state index in [0.717, 1.165) is 43.5 Å². The van der Waals surface area contributed by atoms with Crippen LogP contribution in [0, 0.1) is 0 Å². The molecule has 0 aromatic heterocycles. The normalized spacial score (nSPS) is 30.7. The minimum atomic E-state index is -0.635. The van der Waals surface area contributed by atoms with Crippen molar-refractivity contribution in [1.82, 2.24) is 10.2 Å². The maximum absolute atomic E-state index is 10.4. The largest absolute Gasteiger partial charge is 0.387 e. The molecule has 0 bridgehead atoms. The number of nitrogens with one attached hydrogen (secondary N) is 1. The summed E-state index contributed by atoms with van der Waals surface area (Å²) in [6.45, 7) is 6.21. The van der Waals surface area contributed by atoms with Crippen LogP contribution >= 0.6 is 11.8 Å². The van der Waals surface area contributed by atoms with Crippen molar-refractivity contribution in [2.45, 2.75) is 25.0 Å². The van der Waals surface area contributed by atoms with Gasteiger partial charge >= 0.3 is 0 Å². The van der Waals surface area contributed by atoms with Gasteiger partial charge in [-0.25, -0.2) is 0 Å². The van der Waals surface area contributed by atoms with E-state index in [9.17, 15) is 5.11 Å². The van der Waals surface area contributed by atoms with Gasteiger partial charge in [0.25, 0.3) is 0 Å². The van der Waals surface area contributed by atoms with Crippen molar-refractivity contribution >= 4 is 17.7 Å². The first-order valence-corrected chi connectivity index (χ1v) is 8.76. The van der Waals surface area contributed by atoms with E-state index in [1.165, 1.54) is 0 Å². The van der Waals surface area contributed by atoms with Crippen molar-refractivity contribution in [2.24, 2.45) is 4.99 Å². The highest BCUT2D eigenvalue weighted by Crippen LogP contribution is 2.28. The Hall–Kier alpha value is -0.500. The number of nitrogens with zero attached hydrogens (tertiary/aromatic N) is 2. The van der Waals surface area contributed by atoms with E-state index in [2.05, 4.69) is 22.1 Å². The van der Waals surface area contributed by atoms with Gasteiger partial charge in [-0.1, -0.05) is 0 Å². The summed E-state index contributed by atoms with van der Waals surface area (Å²) >= 11 is 1.80. The first-order valence-electron chi connectivity index (χ1n) is 7.61. The summed E-state index contributed by atoms with van der Waals surface area (Å²) in [5, 5.41) is 13.7. The Bertz CT molecular complexity index is 346. The van der Waals surface area contributed by atoms with Crippen LogP contribution in [-0.4, -0.2) is 85.7 Å². The number of aliphatic imine (C=N–C) groups is 1. The van der Waals surface area contributed by atoms with E-state index < -0.39 is 5.60 Å². The number of guanidine groups is 1. The molecule has 21 heavy (non-hydrogen) atoms. The lowest BCUT2D eigenvalue weighted by molar-refractivity contribution is -0.0448. The SMILES string of the molecule is CCNC(=NCC1(O)CCSC1)N1CCOC(COC)C1. The zero-order valence-electron chi connectivity index (χ0n) is 13.0. The van der Waals surface area contributed by atoms with Gasteiger partial charge in [0.2, 0.25) is 0 Å². The number of aliphatic hydroxyl groups is 1. The van der Waals surface area contributed by atoms with Crippen molar-refractivity contribution in [3.05, 3.63) is 0 Å². The quantitative estimate of drug-likeness (QED) is 0.556. The highest BCUT2D eigenvalue weighted by Gasteiger charge is 2.32. The molecule has 2 N–H and O–H groups in total. The van der Waals surface area contributed by atoms with Crippen LogP contribution < -0.4 is 5.32 Å². The fraction of sp³-hybridized carbons (Fsp3) is 0.929. The van der Waals surface area contributed by atoms with E-state index in [1.54, 1.807) is 18.9 Å². The number of rotatable bonds is 5. The van der Waals surface area contributed by atoms with Crippen LogP contribution in [0.4, 0.5) is 0 Å². The zero-order valence-corrected chi connectivity index (χ0v) is 13.8. The molecule has 122 valence electrons. The van der Waals surface area contributed by atoms with Crippen molar-refractivity contribution in [2.75, 3.05) is 58.0 Å². The maximum Gasteiger partial charge on any atom is 0.194 e. The molecular weight excluding hydrogens is 290 g/mol. The molecule has 2 unspecified atom stereocenters. The van der Waals surface area contributed by atoms with Crippen LogP contribution in [-0.2, 0) is 9.47 Å². The van der Waals surface area contributed by atoms with Crippen LogP contribution in [0.15, 0.2) is 4.99 Å². The molecule has 0 aliphatic carbocycles. The smallest absolute Gasteiger partial charge is 0.194 e. The van der Waals surface area contributed by atoms with Crippen molar-refractivity contribution in [1.29, 1.82) is 0 Å². The zero-order chi connectivity index (χ0) is 15.1. The minimum absolute atomic E-state index is 0.0812. The van der Waals surface area contributed by atoms with E-state index in [0.29, 0.717) is 19.8 Å². The molecule has 2 heterocycles. The molecule has 7 heteroatoms. The van der Waals surface area contributed by atoms with Gasteiger partial charge in [0.1, 0.15) is 0 Å². The lowest BCUT2D eigenvalue weighted by Crippen LogP contribution is -2.52. The Morgan fingerprint density at radius 2 is 2.48 bits per heavy atom. The van der Waals surface area contributed by atoms with Crippen LogP contribution in [0.3, 0.4) is 0 Å². The molecule has 0 amide bonds. The predicted octanol–water partition coefficient (Wildman–Crippen LogP) is 0.167. The first-order chi connectivity index (χ1) is 10.2. The molecule has 2 fully saturated rings. The standard InChI is InChI=1S/C14H27N3O3S/c1-3-15-13(16-10-14(18)4-7-21-11-14)17-5-6-20-12(8-17)9-19-2/h12,18H,3-11H2,1-2H3,(H,15,16). The summed E-state index contributed by atoms with van der Waals surface area (Å²) in [5.74, 6) is 2.67. The monoisotopic (exact) mass is 317 g/mol. The fourth-order valence-electron chi connectivity index (χ4n) is 2.57. The topological polar surface area (TPSA) is 66.3 Å². The van der Waals surface area contributed by atoms with Gasteiger partial charge in [0.15, 0.2) is 5.96 Å². The summed E-state index contributed by atoms with van der Waals surface area (Å²) in [5.41, 5.74) is -0.635. The van der Waals surface area contributed by atoms with E-state index in [4.69, 9.17) is 9.47 Å². The Morgan fingerprint density at radius 1 is 1.62 bits per heavy atom. The van der Waals surface area contributed by atoms with Crippen LogP contribution in [0.2, 0.25) is 0 Å². The van der Waals surface area contributed by atoms with Crippen molar-refractivity contribution in [3.63, 3.8) is 0 Å². The molecule has 0 spiro atoms. The van der Waals surface area contributed by atoms with Gasteiger partial charge in [-0.05, 0) is 19.1 Å². The molecule has 2 saturated heterocycles. The third kappa shape index (κ3) is 5.02. The highest BCUT2D eigenvalue weighted by molar-refractivity contribution is 7.99. The van der Waals surface area contributed by atoms with Gasteiger partial charge in [-0.15, -0.1) is 0 Å². The molecule has 0 saturated carbocycles. The molecule has 2 rings (SSSR count). The Balaban J connectivity index is 1.96. The van der Waals surface area contributed by atoms with Gasteiger partial charge < -0.3 is 24.8 Å². The summed E-state index contributed by atoms with van der Waals surface area (Å²) in [6.07, 6.45) is 0.911. The number of hydrogen-bond donors (Lipinski definition) is 2. The second-order valence-corrected chi connectivity index (χ2v) is 6.70. The third-order valence-corrected chi connectivity index (χ3v) is 4.97. The lowest BCUT2D eigenvalue weighted by atomic mass is 10.0. The molecule has 0 radical (unpaired) electrons. The summed E-state index contributed by atoms with van der Waals surface area (Å²) in [7, 11) is 1.69. The highest BCUT2D eigenvalue weighted by atomic mass is 32.2. The molecular formula is C14H27N3O3S. The molecule has 2 aliphatic heterocycles. The third-order valence-electron chi connectivity index (χ3n) is 3.73. The van der Waals surface area contributed by atoms with Crippen LogP contribution in [0.25, 0.3) is 0 Å². The number of thioether (sulfide) groups is 1. The van der Waals surface area contributed by atoms with Crippen LogP contribution in [0.1, 0.15) is 13.3 Å². The Labute approximate surface area is 131 Å².